The van der Waals surface area contributed by atoms with Crippen LogP contribution in [0.15, 0.2) is 29.6 Å². The predicted molar refractivity (Wildman–Crippen MR) is 77.0 cm³/mol. The van der Waals surface area contributed by atoms with Crippen LogP contribution in [0.25, 0.3) is 10.6 Å². The Balaban J connectivity index is 1.90. The van der Waals surface area contributed by atoms with E-state index in [9.17, 15) is 4.39 Å². The summed E-state index contributed by atoms with van der Waals surface area (Å²) >= 11 is 1.54. The number of aromatic nitrogens is 1. The largest absolute Gasteiger partial charge is 0.355 e. The van der Waals surface area contributed by atoms with Crippen LogP contribution in [0, 0.1) is 5.82 Å². The molecule has 0 saturated heterocycles. The lowest BCUT2D eigenvalue weighted by molar-refractivity contribution is -0.0989. The summed E-state index contributed by atoms with van der Waals surface area (Å²) in [6, 6.07) is 6.35. The summed E-state index contributed by atoms with van der Waals surface area (Å²) in [4.78, 5) is 4.51. The fourth-order valence-electron chi connectivity index (χ4n) is 1.69. The van der Waals surface area contributed by atoms with Crippen molar-refractivity contribution < 1.29 is 13.9 Å². The number of ether oxygens (including phenoxy) is 2. The first-order valence-electron chi connectivity index (χ1n) is 6.19. The molecule has 0 aliphatic rings. The van der Waals surface area contributed by atoms with Gasteiger partial charge in [0.15, 0.2) is 6.29 Å². The van der Waals surface area contributed by atoms with E-state index in [-0.39, 0.29) is 12.1 Å². The van der Waals surface area contributed by atoms with Gasteiger partial charge in [0.25, 0.3) is 0 Å². The lowest BCUT2D eigenvalue weighted by Crippen LogP contribution is -2.29. The van der Waals surface area contributed by atoms with Gasteiger partial charge in [0.2, 0.25) is 0 Å². The quantitative estimate of drug-likeness (QED) is 0.798. The van der Waals surface area contributed by atoms with Crippen LogP contribution in [-0.2, 0) is 16.0 Å². The Kier molecular flexibility index (Phi) is 5.60. The molecule has 2 aromatic rings. The predicted octanol–water partition coefficient (Wildman–Crippen LogP) is 2.66. The molecule has 2 rings (SSSR count). The molecular formula is C14H17FN2O2S. The highest BCUT2D eigenvalue weighted by Crippen LogP contribution is 2.23. The molecule has 0 saturated carbocycles. The first-order valence-corrected chi connectivity index (χ1v) is 7.07. The smallest absolute Gasteiger partial charge is 0.169 e. The van der Waals surface area contributed by atoms with Crippen molar-refractivity contribution in [2.45, 2.75) is 12.8 Å². The Hall–Kier alpha value is -1.34. The van der Waals surface area contributed by atoms with E-state index < -0.39 is 0 Å². The average molecular weight is 296 g/mol. The molecule has 0 aliphatic carbocycles. The molecule has 1 aromatic heterocycles. The zero-order valence-electron chi connectivity index (χ0n) is 11.4. The van der Waals surface area contributed by atoms with Gasteiger partial charge in [-0.15, -0.1) is 11.3 Å². The minimum atomic E-state index is -0.259. The Morgan fingerprint density at radius 3 is 2.60 bits per heavy atom. The van der Waals surface area contributed by atoms with Crippen molar-refractivity contribution in [2.75, 3.05) is 20.8 Å². The van der Waals surface area contributed by atoms with Crippen molar-refractivity contribution in [1.29, 1.82) is 0 Å². The molecule has 1 aromatic carbocycles. The Morgan fingerprint density at radius 2 is 1.95 bits per heavy atom. The third kappa shape index (κ3) is 4.08. The minimum Gasteiger partial charge on any atom is -0.355 e. The van der Waals surface area contributed by atoms with Crippen LogP contribution < -0.4 is 5.32 Å². The number of hydrogen-bond acceptors (Lipinski definition) is 5. The molecule has 0 radical (unpaired) electrons. The highest BCUT2D eigenvalue weighted by molar-refractivity contribution is 7.13. The van der Waals surface area contributed by atoms with Gasteiger partial charge in [0.1, 0.15) is 10.8 Å². The maximum atomic E-state index is 12.9. The number of thiazole rings is 1. The van der Waals surface area contributed by atoms with Crippen LogP contribution in [-0.4, -0.2) is 32.0 Å². The second kappa shape index (κ2) is 7.44. The molecule has 0 spiro atoms. The highest BCUT2D eigenvalue weighted by atomic mass is 32.1. The number of benzene rings is 1. The lowest BCUT2D eigenvalue weighted by atomic mass is 10.2. The summed E-state index contributed by atoms with van der Waals surface area (Å²) in [5.74, 6) is -0.239. The van der Waals surface area contributed by atoms with E-state index >= 15 is 0 Å². The number of nitrogens with zero attached hydrogens (tertiary/aromatic N) is 1. The number of nitrogens with one attached hydrogen (secondary N) is 1. The van der Waals surface area contributed by atoms with Gasteiger partial charge in [0.05, 0.1) is 5.69 Å². The molecule has 0 amide bonds. The summed E-state index contributed by atoms with van der Waals surface area (Å²) < 4.78 is 23.0. The van der Waals surface area contributed by atoms with E-state index in [0.717, 1.165) is 16.3 Å². The molecule has 1 heterocycles. The van der Waals surface area contributed by atoms with Crippen LogP contribution in [0.5, 0.6) is 0 Å². The molecule has 0 unspecified atom stereocenters. The van der Waals surface area contributed by atoms with E-state index in [1.165, 1.54) is 12.1 Å². The van der Waals surface area contributed by atoms with E-state index in [1.807, 2.05) is 5.38 Å². The topological polar surface area (TPSA) is 43.4 Å². The van der Waals surface area contributed by atoms with Gasteiger partial charge >= 0.3 is 0 Å². The van der Waals surface area contributed by atoms with Crippen LogP contribution in [0.1, 0.15) is 5.69 Å². The summed E-state index contributed by atoms with van der Waals surface area (Å²) in [6.45, 7) is 1.23. The van der Waals surface area contributed by atoms with E-state index in [1.54, 1.807) is 37.7 Å². The monoisotopic (exact) mass is 296 g/mol. The summed E-state index contributed by atoms with van der Waals surface area (Å²) in [7, 11) is 3.21. The van der Waals surface area contributed by atoms with Gasteiger partial charge in [0, 0.05) is 38.3 Å². The molecule has 4 nitrogen and oxygen atoms in total. The Bertz CT molecular complexity index is 526. The molecule has 0 atom stereocenters. The van der Waals surface area contributed by atoms with Crippen LogP contribution in [0.4, 0.5) is 4.39 Å². The highest BCUT2D eigenvalue weighted by Gasteiger charge is 2.07. The lowest BCUT2D eigenvalue weighted by Gasteiger charge is -2.13. The third-order valence-corrected chi connectivity index (χ3v) is 3.73. The third-order valence-electron chi connectivity index (χ3n) is 2.79. The van der Waals surface area contributed by atoms with Crippen molar-refractivity contribution >= 4 is 11.3 Å². The van der Waals surface area contributed by atoms with Crippen molar-refractivity contribution in [3.05, 3.63) is 41.2 Å². The first-order chi connectivity index (χ1) is 9.72. The number of hydrogen-bond donors (Lipinski definition) is 1. The zero-order chi connectivity index (χ0) is 14.4. The van der Waals surface area contributed by atoms with E-state index in [0.29, 0.717) is 13.1 Å². The second-order valence-electron chi connectivity index (χ2n) is 4.18. The van der Waals surface area contributed by atoms with Crippen LogP contribution in [0.2, 0.25) is 0 Å². The van der Waals surface area contributed by atoms with Gasteiger partial charge in [-0.2, -0.15) is 0 Å². The minimum absolute atomic E-state index is 0.239. The fraction of sp³-hybridized carbons (Fsp3) is 0.357. The fourth-order valence-corrected chi connectivity index (χ4v) is 2.52. The van der Waals surface area contributed by atoms with Crippen LogP contribution >= 0.6 is 11.3 Å². The number of rotatable bonds is 7. The maximum absolute atomic E-state index is 12.9. The molecule has 6 heteroatoms. The Labute approximate surface area is 121 Å². The number of halogens is 1. The molecular weight excluding hydrogens is 279 g/mol. The van der Waals surface area contributed by atoms with E-state index in [4.69, 9.17) is 9.47 Å². The van der Waals surface area contributed by atoms with Gasteiger partial charge in [-0.3, -0.25) is 0 Å². The summed E-state index contributed by atoms with van der Waals surface area (Å²) in [5.41, 5.74) is 1.87. The SMILES string of the molecule is COC(CNCc1csc(-c2ccc(F)cc2)n1)OC. The standard InChI is InChI=1S/C14H17FN2O2S/c1-18-13(19-2)8-16-7-12-9-20-14(17-12)10-3-5-11(15)6-4-10/h3-6,9,13,16H,7-8H2,1-2H3. The first kappa shape index (κ1) is 15.1. The van der Waals surface area contributed by atoms with Gasteiger partial charge in [-0.05, 0) is 24.3 Å². The molecule has 20 heavy (non-hydrogen) atoms. The van der Waals surface area contributed by atoms with Crippen LogP contribution in [0.3, 0.4) is 0 Å². The normalized spacial score (nSPS) is 11.2. The molecule has 0 bridgehead atoms. The zero-order valence-corrected chi connectivity index (χ0v) is 12.2. The molecule has 1 N–H and O–H groups in total. The average Bonchev–Trinajstić information content (AvgIpc) is 2.93. The van der Waals surface area contributed by atoms with Crippen molar-refractivity contribution in [3.63, 3.8) is 0 Å². The molecule has 0 aliphatic heterocycles. The second-order valence-corrected chi connectivity index (χ2v) is 5.04. The van der Waals surface area contributed by atoms with E-state index in [2.05, 4.69) is 10.3 Å². The summed E-state index contributed by atoms with van der Waals surface area (Å²) in [6.07, 6.45) is -0.259. The van der Waals surface area contributed by atoms with Gasteiger partial charge < -0.3 is 14.8 Å². The Morgan fingerprint density at radius 1 is 1.25 bits per heavy atom. The van der Waals surface area contributed by atoms with Gasteiger partial charge in [-0.1, -0.05) is 0 Å². The summed E-state index contributed by atoms with van der Waals surface area (Å²) in [5, 5.41) is 6.08. The van der Waals surface area contributed by atoms with Crippen molar-refractivity contribution in [1.82, 2.24) is 10.3 Å². The molecule has 108 valence electrons. The molecule has 0 fully saturated rings. The van der Waals surface area contributed by atoms with Crippen molar-refractivity contribution in [3.8, 4) is 10.6 Å². The maximum Gasteiger partial charge on any atom is 0.169 e. The number of methoxy groups -OCH3 is 2. The van der Waals surface area contributed by atoms with Crippen molar-refractivity contribution in [2.24, 2.45) is 0 Å². The van der Waals surface area contributed by atoms with Gasteiger partial charge in [-0.25, -0.2) is 9.37 Å².